The van der Waals surface area contributed by atoms with Gasteiger partial charge >= 0.3 is 6.18 Å². The summed E-state index contributed by atoms with van der Waals surface area (Å²) in [7, 11) is 0. The number of amides is 1. The van der Waals surface area contributed by atoms with Crippen molar-refractivity contribution in [3.8, 4) is 22.8 Å². The molecule has 0 saturated heterocycles. The van der Waals surface area contributed by atoms with Gasteiger partial charge in [0.1, 0.15) is 41.4 Å². The van der Waals surface area contributed by atoms with Crippen LogP contribution in [-0.4, -0.2) is 58.0 Å². The maximum Gasteiger partial charge on any atom is 0.424 e. The van der Waals surface area contributed by atoms with Crippen LogP contribution in [-0.2, 0) is 21.6 Å². The monoisotopic (exact) mass is 656 g/mol. The van der Waals surface area contributed by atoms with Crippen LogP contribution in [0.15, 0.2) is 48.7 Å². The molecule has 2 saturated carbocycles. The van der Waals surface area contributed by atoms with Gasteiger partial charge in [-0.25, -0.2) is 18.4 Å². The minimum Gasteiger partial charge on any atom is -0.491 e. The fourth-order valence-electron chi connectivity index (χ4n) is 5.54. The van der Waals surface area contributed by atoms with E-state index in [4.69, 9.17) is 9.47 Å². The number of benzene rings is 2. The average Bonchev–Trinajstić information content (AvgIpc) is 3.95. The molecule has 3 aliphatic rings. The van der Waals surface area contributed by atoms with Crippen LogP contribution in [0.2, 0.25) is 0 Å². The van der Waals surface area contributed by atoms with E-state index < -0.39 is 46.9 Å². The van der Waals surface area contributed by atoms with Crippen LogP contribution < -0.4 is 14.8 Å². The van der Waals surface area contributed by atoms with Gasteiger partial charge in [0, 0.05) is 41.1 Å². The van der Waals surface area contributed by atoms with Gasteiger partial charge in [-0.05, 0) is 68.1 Å². The molecule has 2 aromatic heterocycles. The number of carbonyl (C=O) groups is 2. The lowest BCUT2D eigenvalue weighted by molar-refractivity contribution is -0.265. The van der Waals surface area contributed by atoms with E-state index in [0.717, 1.165) is 31.0 Å². The number of hydrogen-bond donors (Lipinski definition) is 2. The topological polar surface area (TPSA) is 116 Å². The third-order valence-corrected chi connectivity index (χ3v) is 8.96. The van der Waals surface area contributed by atoms with Crippen LogP contribution in [0, 0.1) is 11.7 Å². The Hall–Kier alpha value is -4.59. The SMILES string of the molecule is C[C@]1(C=O)COc2c1cc(C(O)(CNC(=O)c1cc(OCC3CC3)c3nn(C4(F)CC4)cc3c1)C(F)(F)F)nc2-c1ccc(F)cc1. The highest BCUT2D eigenvalue weighted by atomic mass is 19.4. The van der Waals surface area contributed by atoms with Crippen LogP contribution in [0.5, 0.6) is 11.5 Å². The van der Waals surface area contributed by atoms with Crippen molar-refractivity contribution in [2.75, 3.05) is 19.8 Å². The zero-order valence-corrected chi connectivity index (χ0v) is 25.0. The molecule has 14 heteroatoms. The molecule has 246 valence electrons. The van der Waals surface area contributed by atoms with Crippen molar-refractivity contribution in [2.24, 2.45) is 5.92 Å². The Kier molecular flexibility index (Phi) is 7.08. The quantitative estimate of drug-likeness (QED) is 0.172. The minimum absolute atomic E-state index is 0.0253. The number of rotatable bonds is 10. The molecule has 3 heterocycles. The molecule has 2 atom stereocenters. The van der Waals surface area contributed by atoms with Gasteiger partial charge in [0.2, 0.25) is 11.4 Å². The standard InChI is InChI=1S/C33H29F5N4O5/c1-30(16-43)17-47-28-23(30)12-25(40-27(28)19-4-6-22(34)7-5-19)32(45,33(36,37)38)15-39-29(44)20-10-21-13-42(31(35)8-9-31)41-26(21)24(11-20)46-14-18-2-3-18/h4-7,10-13,16,18,45H,2-3,8-9,14-15,17H2,1H3,(H,39,44)/t30-,32?/m0/s1. The van der Waals surface area contributed by atoms with E-state index >= 15 is 0 Å². The fourth-order valence-corrected chi connectivity index (χ4v) is 5.54. The summed E-state index contributed by atoms with van der Waals surface area (Å²) in [5.74, 6) is -2.67. The summed E-state index contributed by atoms with van der Waals surface area (Å²) in [5.41, 5.74) is -5.68. The molecular formula is C33H29F5N4O5. The predicted molar refractivity (Wildman–Crippen MR) is 157 cm³/mol. The van der Waals surface area contributed by atoms with E-state index in [-0.39, 0.29) is 53.3 Å². The van der Waals surface area contributed by atoms with Crippen LogP contribution in [0.4, 0.5) is 22.0 Å². The highest BCUT2D eigenvalue weighted by Gasteiger charge is 2.57. The normalized spacial score (nSPS) is 21.1. The number of pyridine rings is 1. The molecule has 0 radical (unpaired) electrons. The van der Waals surface area contributed by atoms with Gasteiger partial charge in [-0.1, -0.05) is 0 Å². The molecule has 1 unspecified atom stereocenters. The first kappa shape index (κ1) is 31.0. The van der Waals surface area contributed by atoms with Gasteiger partial charge in [0.15, 0.2) is 0 Å². The maximum atomic E-state index is 14.8. The molecule has 2 fully saturated rings. The lowest BCUT2D eigenvalue weighted by atomic mass is 9.83. The van der Waals surface area contributed by atoms with Crippen molar-refractivity contribution in [3.63, 3.8) is 0 Å². The molecule has 2 aromatic carbocycles. The van der Waals surface area contributed by atoms with Crippen LogP contribution in [0.3, 0.4) is 0 Å². The second-order valence-corrected chi connectivity index (χ2v) is 12.8. The molecule has 4 aromatic rings. The summed E-state index contributed by atoms with van der Waals surface area (Å²) < 4.78 is 85.6. The lowest BCUT2D eigenvalue weighted by Gasteiger charge is -2.31. The van der Waals surface area contributed by atoms with E-state index in [2.05, 4.69) is 15.4 Å². The number of halogens is 5. The van der Waals surface area contributed by atoms with Gasteiger partial charge in [-0.15, -0.1) is 0 Å². The summed E-state index contributed by atoms with van der Waals surface area (Å²) in [6.07, 6.45) is -0.909. The maximum absolute atomic E-state index is 14.8. The van der Waals surface area contributed by atoms with E-state index in [1.807, 2.05) is 0 Å². The first-order valence-electron chi connectivity index (χ1n) is 15.1. The number of ether oxygens (including phenoxy) is 2. The van der Waals surface area contributed by atoms with Gasteiger partial charge < -0.3 is 24.7 Å². The number of carbonyl (C=O) groups excluding carboxylic acids is 2. The Morgan fingerprint density at radius 1 is 1.19 bits per heavy atom. The number of aromatic nitrogens is 3. The highest BCUT2D eigenvalue weighted by Crippen LogP contribution is 2.48. The first-order valence-corrected chi connectivity index (χ1v) is 15.1. The van der Waals surface area contributed by atoms with Crippen LogP contribution in [0.1, 0.15) is 54.2 Å². The number of nitrogens with one attached hydrogen (secondary N) is 1. The number of aliphatic hydroxyl groups is 1. The molecule has 47 heavy (non-hydrogen) atoms. The van der Waals surface area contributed by atoms with Crippen molar-refractivity contribution in [2.45, 2.75) is 55.6 Å². The van der Waals surface area contributed by atoms with Crippen molar-refractivity contribution < 1.29 is 46.1 Å². The zero-order chi connectivity index (χ0) is 33.4. The van der Waals surface area contributed by atoms with Crippen LogP contribution in [0.25, 0.3) is 22.2 Å². The van der Waals surface area contributed by atoms with Crippen molar-refractivity contribution >= 4 is 23.1 Å². The smallest absolute Gasteiger partial charge is 0.424 e. The molecule has 7 rings (SSSR count). The Morgan fingerprint density at radius 3 is 2.55 bits per heavy atom. The van der Waals surface area contributed by atoms with E-state index in [1.165, 1.54) is 42.1 Å². The summed E-state index contributed by atoms with van der Waals surface area (Å²) >= 11 is 0. The van der Waals surface area contributed by atoms with Gasteiger partial charge in [-0.2, -0.15) is 18.3 Å². The Morgan fingerprint density at radius 2 is 1.91 bits per heavy atom. The Balaban J connectivity index is 1.24. The van der Waals surface area contributed by atoms with Crippen molar-refractivity contribution in [3.05, 3.63) is 71.3 Å². The zero-order valence-electron chi connectivity index (χ0n) is 25.0. The molecule has 1 amide bonds. The molecule has 2 aliphatic carbocycles. The molecule has 0 spiro atoms. The first-order chi connectivity index (χ1) is 22.2. The van der Waals surface area contributed by atoms with Crippen molar-refractivity contribution in [1.82, 2.24) is 20.1 Å². The molecule has 1 aliphatic heterocycles. The average molecular weight is 657 g/mol. The van der Waals surface area contributed by atoms with Gasteiger partial charge in [-0.3, -0.25) is 4.79 Å². The molecule has 2 N–H and O–H groups in total. The van der Waals surface area contributed by atoms with Gasteiger partial charge in [0.25, 0.3) is 5.91 Å². The Labute approximate surface area is 264 Å². The third kappa shape index (κ3) is 5.47. The van der Waals surface area contributed by atoms with E-state index in [1.54, 1.807) is 0 Å². The van der Waals surface area contributed by atoms with Gasteiger partial charge in [0.05, 0.1) is 24.3 Å². The van der Waals surface area contributed by atoms with Crippen molar-refractivity contribution in [1.29, 1.82) is 0 Å². The summed E-state index contributed by atoms with van der Waals surface area (Å²) in [4.78, 5) is 29.6. The minimum atomic E-state index is -5.36. The highest BCUT2D eigenvalue weighted by molar-refractivity contribution is 6.00. The largest absolute Gasteiger partial charge is 0.491 e. The number of fused-ring (bicyclic) bond motifs is 2. The van der Waals surface area contributed by atoms with E-state index in [0.29, 0.717) is 29.7 Å². The number of alkyl halides is 4. The second-order valence-electron chi connectivity index (χ2n) is 12.8. The summed E-state index contributed by atoms with van der Waals surface area (Å²) in [6.45, 7) is 0.255. The molecular weight excluding hydrogens is 627 g/mol. The summed E-state index contributed by atoms with van der Waals surface area (Å²) in [5, 5.41) is 18.2. The Bertz CT molecular complexity index is 1900. The number of nitrogens with zero attached hydrogens (tertiary/aromatic N) is 3. The summed E-state index contributed by atoms with van der Waals surface area (Å²) in [6, 6.07) is 8.37. The molecule has 0 bridgehead atoms. The third-order valence-electron chi connectivity index (χ3n) is 8.96. The lowest BCUT2D eigenvalue weighted by Crippen LogP contribution is -2.51. The number of aldehydes is 1. The van der Waals surface area contributed by atoms with Crippen LogP contribution >= 0.6 is 0 Å². The predicted octanol–water partition coefficient (Wildman–Crippen LogP) is 5.47. The van der Waals surface area contributed by atoms with E-state index in [9.17, 15) is 36.6 Å². The second kappa shape index (κ2) is 10.7. The molecule has 9 nitrogen and oxygen atoms in total. The number of hydrogen-bond acceptors (Lipinski definition) is 7. The fraction of sp³-hybridized carbons (Fsp3) is 0.394.